The molecule has 6 aliphatic carbocycles. The monoisotopic (exact) mass is 214 g/mol. The molecule has 84 valence electrons. The third kappa shape index (κ3) is 0.429. The standard InChI is InChI=1S/C15H18O/c1-2-5-4(1)7-8(5)11-10(7)12-9-6-3-16-15(6)14(9)13(11)12/h4-15H,1-3H2. The smallest absolute Gasteiger partial charge is 0.0662 e. The summed E-state index contributed by atoms with van der Waals surface area (Å²) in [5, 5.41) is 0. The van der Waals surface area contributed by atoms with Gasteiger partial charge in [0.15, 0.2) is 0 Å². The van der Waals surface area contributed by atoms with E-state index in [1.165, 1.54) is 53.3 Å². The van der Waals surface area contributed by atoms with Gasteiger partial charge in [-0.2, -0.15) is 0 Å². The van der Waals surface area contributed by atoms with Crippen molar-refractivity contribution in [2.24, 2.45) is 65.1 Å². The highest BCUT2D eigenvalue weighted by atomic mass is 16.5. The maximum absolute atomic E-state index is 5.77. The van der Waals surface area contributed by atoms with Crippen LogP contribution >= 0.6 is 0 Å². The van der Waals surface area contributed by atoms with Crippen molar-refractivity contribution in [1.82, 2.24) is 0 Å². The lowest BCUT2D eigenvalue weighted by molar-refractivity contribution is -0.462. The van der Waals surface area contributed by atoms with Crippen LogP contribution in [0.25, 0.3) is 0 Å². The van der Waals surface area contributed by atoms with Gasteiger partial charge in [0.05, 0.1) is 12.7 Å². The molecule has 1 aliphatic heterocycles. The molecule has 0 spiro atoms. The predicted octanol–water partition coefficient (Wildman–Crippen LogP) is 2.03. The van der Waals surface area contributed by atoms with Gasteiger partial charge in [0.1, 0.15) is 0 Å². The van der Waals surface area contributed by atoms with Gasteiger partial charge in [-0.25, -0.2) is 0 Å². The van der Waals surface area contributed by atoms with E-state index in [-0.39, 0.29) is 0 Å². The zero-order valence-electron chi connectivity index (χ0n) is 9.46. The van der Waals surface area contributed by atoms with Crippen LogP contribution in [0.1, 0.15) is 12.8 Å². The molecule has 0 bridgehead atoms. The first-order valence-corrected chi connectivity index (χ1v) is 7.58. The molecule has 12 unspecified atom stereocenters. The molecule has 0 aromatic rings. The Labute approximate surface area is 95.9 Å². The van der Waals surface area contributed by atoms with Crippen LogP contribution < -0.4 is 0 Å². The molecule has 7 aliphatic rings. The lowest BCUT2D eigenvalue weighted by Gasteiger charge is -2.90. The van der Waals surface area contributed by atoms with Gasteiger partial charge in [-0.05, 0) is 72.0 Å². The molecule has 0 radical (unpaired) electrons. The van der Waals surface area contributed by atoms with Gasteiger partial charge in [-0.3, -0.25) is 0 Å². The van der Waals surface area contributed by atoms with Crippen LogP contribution in [0.2, 0.25) is 0 Å². The van der Waals surface area contributed by atoms with Crippen LogP contribution in [0.5, 0.6) is 0 Å². The normalized spacial score (nSPS) is 87.0. The molecular weight excluding hydrogens is 196 g/mol. The Morgan fingerprint density at radius 2 is 1.12 bits per heavy atom. The highest BCUT2D eigenvalue weighted by molar-refractivity contribution is 5.33. The Kier molecular flexibility index (Phi) is 0.845. The third-order valence-electron chi connectivity index (χ3n) is 8.59. The molecule has 1 saturated heterocycles. The second kappa shape index (κ2) is 1.83. The van der Waals surface area contributed by atoms with Crippen molar-refractivity contribution < 1.29 is 4.74 Å². The van der Waals surface area contributed by atoms with E-state index in [4.69, 9.17) is 4.74 Å². The van der Waals surface area contributed by atoms with Crippen molar-refractivity contribution >= 4 is 0 Å². The molecule has 6 saturated carbocycles. The SMILES string of the molecule is C1CC2C1C1C2C2C1C1C3C4COC4C3C21. The highest BCUT2D eigenvalue weighted by Gasteiger charge is 2.86. The predicted molar refractivity (Wildman–Crippen MR) is 57.4 cm³/mol. The summed E-state index contributed by atoms with van der Waals surface area (Å²) in [4.78, 5) is 0. The molecule has 0 N–H and O–H groups in total. The van der Waals surface area contributed by atoms with Crippen molar-refractivity contribution in [3.05, 3.63) is 0 Å². The van der Waals surface area contributed by atoms with Crippen LogP contribution in [-0.2, 0) is 4.74 Å². The van der Waals surface area contributed by atoms with Crippen molar-refractivity contribution in [2.45, 2.75) is 18.9 Å². The summed E-state index contributed by atoms with van der Waals surface area (Å²) < 4.78 is 5.77. The Balaban J connectivity index is 1.27. The minimum absolute atomic E-state index is 0.767. The molecular formula is C15H18O. The van der Waals surface area contributed by atoms with E-state index >= 15 is 0 Å². The molecule has 0 aromatic heterocycles. The number of hydrogen-bond donors (Lipinski definition) is 0. The Bertz CT molecular complexity index is 343. The van der Waals surface area contributed by atoms with E-state index in [1.54, 1.807) is 12.8 Å². The van der Waals surface area contributed by atoms with E-state index in [0.29, 0.717) is 0 Å². The van der Waals surface area contributed by atoms with Gasteiger partial charge in [0.2, 0.25) is 0 Å². The van der Waals surface area contributed by atoms with Gasteiger partial charge >= 0.3 is 0 Å². The number of fused-ring (bicyclic) bond motifs is 16. The molecule has 12 atom stereocenters. The van der Waals surface area contributed by atoms with Gasteiger partial charge < -0.3 is 4.74 Å². The van der Waals surface area contributed by atoms with Gasteiger partial charge in [0.25, 0.3) is 0 Å². The number of hydrogen-bond acceptors (Lipinski definition) is 1. The van der Waals surface area contributed by atoms with Crippen LogP contribution in [0.15, 0.2) is 0 Å². The van der Waals surface area contributed by atoms with Crippen molar-refractivity contribution in [2.75, 3.05) is 6.61 Å². The van der Waals surface area contributed by atoms with Gasteiger partial charge in [0, 0.05) is 5.92 Å². The largest absolute Gasteiger partial charge is 0.377 e. The molecule has 7 rings (SSSR count). The van der Waals surface area contributed by atoms with E-state index in [0.717, 1.165) is 24.5 Å². The van der Waals surface area contributed by atoms with Crippen LogP contribution in [0.4, 0.5) is 0 Å². The summed E-state index contributed by atoms with van der Waals surface area (Å²) in [6.45, 7) is 1.13. The minimum atomic E-state index is 0.767. The molecule has 0 aromatic carbocycles. The molecule has 7 fully saturated rings. The van der Waals surface area contributed by atoms with E-state index < -0.39 is 0 Å². The first-order chi connectivity index (χ1) is 7.97. The maximum atomic E-state index is 5.77. The topological polar surface area (TPSA) is 9.23 Å². The lowest BCUT2D eigenvalue weighted by Crippen LogP contribution is -2.89. The molecule has 1 heteroatoms. The molecule has 0 amide bonds. The third-order valence-corrected chi connectivity index (χ3v) is 8.59. The van der Waals surface area contributed by atoms with E-state index in [9.17, 15) is 0 Å². The van der Waals surface area contributed by atoms with Crippen molar-refractivity contribution in [3.63, 3.8) is 0 Å². The first-order valence-electron chi connectivity index (χ1n) is 7.58. The first kappa shape index (κ1) is 7.41. The molecule has 1 nitrogen and oxygen atoms in total. The fourth-order valence-electron chi connectivity index (χ4n) is 8.08. The average Bonchev–Trinajstić information content (AvgIpc) is 2.19. The van der Waals surface area contributed by atoms with Gasteiger partial charge in [-0.15, -0.1) is 0 Å². The summed E-state index contributed by atoms with van der Waals surface area (Å²) in [6, 6.07) is 0. The van der Waals surface area contributed by atoms with Gasteiger partial charge in [-0.1, -0.05) is 0 Å². The Morgan fingerprint density at radius 1 is 0.562 bits per heavy atom. The van der Waals surface area contributed by atoms with Crippen LogP contribution in [0.3, 0.4) is 0 Å². The second-order valence-electron chi connectivity index (χ2n) is 7.99. The fraction of sp³-hybridized carbons (Fsp3) is 1.00. The zero-order chi connectivity index (χ0) is 9.76. The minimum Gasteiger partial charge on any atom is -0.377 e. The van der Waals surface area contributed by atoms with Crippen LogP contribution in [-0.4, -0.2) is 12.7 Å². The van der Waals surface area contributed by atoms with Crippen molar-refractivity contribution in [3.8, 4) is 0 Å². The van der Waals surface area contributed by atoms with Crippen LogP contribution in [0, 0.1) is 65.1 Å². The summed E-state index contributed by atoms with van der Waals surface area (Å²) in [5.74, 6) is 13.1. The zero-order valence-corrected chi connectivity index (χ0v) is 9.46. The van der Waals surface area contributed by atoms with E-state index in [1.807, 2.05) is 0 Å². The Morgan fingerprint density at radius 3 is 1.62 bits per heavy atom. The lowest BCUT2D eigenvalue weighted by atomic mass is 9.15. The highest BCUT2D eigenvalue weighted by Crippen LogP contribution is 2.88. The summed E-state index contributed by atoms with van der Waals surface area (Å²) in [6.07, 6.45) is 3.97. The molecule has 16 heavy (non-hydrogen) atoms. The number of ether oxygens (including phenoxy) is 1. The summed E-state index contributed by atoms with van der Waals surface area (Å²) in [7, 11) is 0. The summed E-state index contributed by atoms with van der Waals surface area (Å²) in [5.41, 5.74) is 0. The van der Waals surface area contributed by atoms with E-state index in [2.05, 4.69) is 0 Å². The summed E-state index contributed by atoms with van der Waals surface area (Å²) >= 11 is 0. The Hall–Kier alpha value is -0.0400. The van der Waals surface area contributed by atoms with Crippen molar-refractivity contribution in [1.29, 1.82) is 0 Å². The maximum Gasteiger partial charge on any atom is 0.0662 e. The second-order valence-corrected chi connectivity index (χ2v) is 7.99. The quantitative estimate of drug-likeness (QED) is 0.561. The number of rotatable bonds is 0. The molecule has 1 heterocycles. The fourth-order valence-corrected chi connectivity index (χ4v) is 8.08. The average molecular weight is 214 g/mol.